The maximum Gasteiger partial charge on any atom is 0.154 e. The van der Waals surface area contributed by atoms with Crippen molar-refractivity contribution < 1.29 is 17.2 Å². The molecule has 2 heterocycles. The zero-order valence-electron chi connectivity index (χ0n) is 11.0. The van der Waals surface area contributed by atoms with Gasteiger partial charge in [-0.15, -0.1) is 11.6 Å². The molecular weight excluding hydrogens is 322 g/mol. The fourth-order valence-electron chi connectivity index (χ4n) is 2.77. The van der Waals surface area contributed by atoms with Crippen LogP contribution in [0.2, 0.25) is 0 Å². The van der Waals surface area contributed by atoms with E-state index in [1.54, 1.807) is 0 Å². The number of nitrogens with zero attached hydrogens (tertiary/aromatic N) is 2. The number of imidazole rings is 1. The van der Waals surface area contributed by atoms with Gasteiger partial charge < -0.3 is 4.57 Å². The zero-order chi connectivity index (χ0) is 15.2. The van der Waals surface area contributed by atoms with Gasteiger partial charge in [0.15, 0.2) is 15.7 Å². The van der Waals surface area contributed by atoms with Gasteiger partial charge in [-0.2, -0.15) is 0 Å². The van der Waals surface area contributed by atoms with E-state index in [2.05, 4.69) is 4.98 Å². The molecule has 1 aromatic carbocycles. The molecule has 0 aliphatic carbocycles. The van der Waals surface area contributed by atoms with Crippen molar-refractivity contribution in [3.8, 4) is 0 Å². The Kier molecular flexibility index (Phi) is 3.65. The number of aromatic nitrogens is 2. The van der Waals surface area contributed by atoms with Crippen molar-refractivity contribution in [3.63, 3.8) is 0 Å². The van der Waals surface area contributed by atoms with E-state index in [1.807, 2.05) is 0 Å². The number of halogens is 3. The molecule has 0 radical (unpaired) electrons. The number of rotatable bonds is 3. The first-order valence-electron chi connectivity index (χ1n) is 6.54. The number of alkyl halides is 1. The summed E-state index contributed by atoms with van der Waals surface area (Å²) in [6.07, 6.45) is 1.15. The van der Waals surface area contributed by atoms with Crippen molar-refractivity contribution in [2.75, 3.05) is 5.75 Å². The van der Waals surface area contributed by atoms with E-state index in [-0.39, 0.29) is 29.2 Å². The number of sulfone groups is 1. The number of fused-ring (bicyclic) bond motifs is 1. The first kappa shape index (κ1) is 14.7. The van der Waals surface area contributed by atoms with Crippen LogP contribution in [0.25, 0.3) is 11.0 Å². The monoisotopic (exact) mass is 334 g/mol. The van der Waals surface area contributed by atoms with Crippen LogP contribution in [0.5, 0.6) is 0 Å². The molecular formula is C13H13ClF2N2O2S. The lowest BCUT2D eigenvalue weighted by atomic mass is 10.2. The first-order chi connectivity index (χ1) is 9.92. The molecule has 0 bridgehead atoms. The van der Waals surface area contributed by atoms with Gasteiger partial charge in [-0.1, -0.05) is 0 Å². The summed E-state index contributed by atoms with van der Waals surface area (Å²) in [5, 5.41) is -0.553. The summed E-state index contributed by atoms with van der Waals surface area (Å²) in [6, 6.07) is 1.91. The van der Waals surface area contributed by atoms with Crippen molar-refractivity contribution in [2.45, 2.75) is 30.5 Å². The van der Waals surface area contributed by atoms with Crippen LogP contribution in [-0.2, 0) is 22.3 Å². The number of hydrogen-bond acceptors (Lipinski definition) is 3. The molecule has 1 aliphatic heterocycles. The molecule has 1 fully saturated rings. The summed E-state index contributed by atoms with van der Waals surface area (Å²) >= 11 is 5.80. The molecule has 1 atom stereocenters. The van der Waals surface area contributed by atoms with Gasteiger partial charge in [-0.05, 0) is 18.9 Å². The molecule has 0 N–H and O–H groups in total. The summed E-state index contributed by atoms with van der Waals surface area (Å²) in [6.45, 7) is 0.129. The standard InChI is InChI=1S/C13H13ClF2N2O2S/c14-6-12-17-13-10(16)4-8(15)5-11(13)18(12)7-9-2-1-3-21(9,19)20/h4-5,9H,1-3,6-7H2. The van der Waals surface area contributed by atoms with Crippen LogP contribution in [0.1, 0.15) is 18.7 Å². The SMILES string of the molecule is O=S1(=O)CCCC1Cn1c(CCl)nc2c(F)cc(F)cc21. The third kappa shape index (κ3) is 2.53. The lowest BCUT2D eigenvalue weighted by Gasteiger charge is -2.13. The molecule has 2 aromatic rings. The summed E-state index contributed by atoms with van der Waals surface area (Å²) < 4.78 is 52.6. The quantitative estimate of drug-likeness (QED) is 0.811. The smallest absolute Gasteiger partial charge is 0.154 e. The summed E-state index contributed by atoms with van der Waals surface area (Å²) in [5.74, 6) is -0.995. The van der Waals surface area contributed by atoms with Crippen LogP contribution in [-0.4, -0.2) is 29.0 Å². The van der Waals surface area contributed by atoms with Gasteiger partial charge in [-0.3, -0.25) is 0 Å². The van der Waals surface area contributed by atoms with E-state index in [0.717, 1.165) is 12.1 Å². The Morgan fingerprint density at radius 1 is 1.38 bits per heavy atom. The highest BCUT2D eigenvalue weighted by molar-refractivity contribution is 7.92. The third-order valence-electron chi connectivity index (χ3n) is 3.82. The molecule has 0 amide bonds. The number of benzene rings is 1. The average Bonchev–Trinajstić information content (AvgIpc) is 2.92. The fourth-order valence-corrected chi connectivity index (χ4v) is 4.78. The van der Waals surface area contributed by atoms with Crippen LogP contribution in [0.4, 0.5) is 8.78 Å². The van der Waals surface area contributed by atoms with Crippen molar-refractivity contribution >= 4 is 32.5 Å². The maximum absolute atomic E-state index is 13.8. The molecule has 1 saturated heterocycles. The second-order valence-electron chi connectivity index (χ2n) is 5.16. The minimum Gasteiger partial charge on any atom is -0.325 e. The van der Waals surface area contributed by atoms with Crippen LogP contribution < -0.4 is 0 Å². The molecule has 1 unspecified atom stereocenters. The normalized spacial score (nSPS) is 21.2. The lowest BCUT2D eigenvalue weighted by molar-refractivity contribution is 0.565. The van der Waals surface area contributed by atoms with E-state index in [1.165, 1.54) is 4.57 Å². The van der Waals surface area contributed by atoms with Gasteiger partial charge in [-0.25, -0.2) is 22.2 Å². The minimum atomic E-state index is -3.16. The zero-order valence-corrected chi connectivity index (χ0v) is 12.6. The third-order valence-corrected chi connectivity index (χ3v) is 6.32. The minimum absolute atomic E-state index is 0.00249. The molecule has 0 saturated carbocycles. The van der Waals surface area contributed by atoms with E-state index >= 15 is 0 Å². The average molecular weight is 335 g/mol. The Morgan fingerprint density at radius 2 is 2.14 bits per heavy atom. The predicted octanol–water partition coefficient (Wildman–Crippen LogP) is 2.63. The van der Waals surface area contributed by atoms with E-state index in [0.29, 0.717) is 18.7 Å². The highest BCUT2D eigenvalue weighted by atomic mass is 35.5. The fraction of sp³-hybridized carbons (Fsp3) is 0.462. The van der Waals surface area contributed by atoms with E-state index in [4.69, 9.17) is 11.6 Å². The predicted molar refractivity (Wildman–Crippen MR) is 76.0 cm³/mol. The summed E-state index contributed by atoms with van der Waals surface area (Å²) in [7, 11) is -3.16. The van der Waals surface area contributed by atoms with Crippen LogP contribution in [0, 0.1) is 11.6 Å². The Morgan fingerprint density at radius 3 is 2.76 bits per heavy atom. The van der Waals surface area contributed by atoms with Gasteiger partial charge in [0.1, 0.15) is 17.2 Å². The molecule has 1 aliphatic rings. The van der Waals surface area contributed by atoms with Gasteiger partial charge in [0.05, 0.1) is 22.4 Å². The molecule has 8 heteroatoms. The first-order valence-corrected chi connectivity index (χ1v) is 8.79. The van der Waals surface area contributed by atoms with Crippen molar-refractivity contribution in [3.05, 3.63) is 29.6 Å². The summed E-state index contributed by atoms with van der Waals surface area (Å²) in [5.41, 5.74) is 0.257. The lowest BCUT2D eigenvalue weighted by Crippen LogP contribution is -2.23. The Hall–Kier alpha value is -1.21. The molecule has 3 rings (SSSR count). The highest BCUT2D eigenvalue weighted by Crippen LogP contribution is 2.27. The van der Waals surface area contributed by atoms with E-state index in [9.17, 15) is 17.2 Å². The van der Waals surface area contributed by atoms with Gasteiger partial charge in [0, 0.05) is 12.6 Å². The maximum atomic E-state index is 13.8. The second kappa shape index (κ2) is 5.21. The molecule has 4 nitrogen and oxygen atoms in total. The van der Waals surface area contributed by atoms with Crippen LogP contribution in [0.15, 0.2) is 12.1 Å². The largest absolute Gasteiger partial charge is 0.325 e. The van der Waals surface area contributed by atoms with E-state index < -0.39 is 26.7 Å². The van der Waals surface area contributed by atoms with Crippen molar-refractivity contribution in [1.29, 1.82) is 0 Å². The Bertz CT molecular complexity index is 804. The highest BCUT2D eigenvalue weighted by Gasteiger charge is 2.32. The molecule has 0 spiro atoms. The molecule has 1 aromatic heterocycles. The van der Waals surface area contributed by atoms with Crippen LogP contribution in [0.3, 0.4) is 0 Å². The van der Waals surface area contributed by atoms with Gasteiger partial charge in [0.2, 0.25) is 0 Å². The topological polar surface area (TPSA) is 52.0 Å². The van der Waals surface area contributed by atoms with Crippen molar-refractivity contribution in [2.24, 2.45) is 0 Å². The Balaban J connectivity index is 2.12. The molecule has 21 heavy (non-hydrogen) atoms. The van der Waals surface area contributed by atoms with Gasteiger partial charge in [0.25, 0.3) is 0 Å². The Labute approximate surface area is 125 Å². The summed E-state index contributed by atoms with van der Waals surface area (Å²) in [4.78, 5) is 4.06. The van der Waals surface area contributed by atoms with Crippen molar-refractivity contribution in [1.82, 2.24) is 9.55 Å². The van der Waals surface area contributed by atoms with Gasteiger partial charge >= 0.3 is 0 Å². The molecule has 114 valence electrons. The second-order valence-corrected chi connectivity index (χ2v) is 7.83. The number of hydrogen-bond donors (Lipinski definition) is 0. The van der Waals surface area contributed by atoms with Crippen LogP contribution >= 0.6 is 11.6 Å².